The Labute approximate surface area is 228 Å². The van der Waals surface area contributed by atoms with Crippen LogP contribution < -0.4 is 9.80 Å². The highest BCUT2D eigenvalue weighted by Gasteiger charge is 2.27. The fourth-order valence-corrected chi connectivity index (χ4v) is 4.39. The van der Waals surface area contributed by atoms with Gasteiger partial charge in [-0.2, -0.15) is 15.5 Å². The van der Waals surface area contributed by atoms with Gasteiger partial charge in [-0.1, -0.05) is 11.3 Å². The van der Waals surface area contributed by atoms with Crippen molar-refractivity contribution < 1.29 is 21.6 Å². The topological polar surface area (TPSA) is 158 Å². The SMILES string of the molecule is CCN(CC)c1ccc(/N=N/c2nc(N3CC[N+](C)(C)CC3)c(C=C(C#N)C#N)s2)cc1.COS(=O)(=O)[O-]. The number of nitrogens with zero attached hydrogens (tertiary/aromatic N) is 8. The predicted octanol–water partition coefficient (Wildman–Crippen LogP) is 3.82. The number of hydrogen-bond acceptors (Lipinski definition) is 12. The standard InChI is InChI=1S/C23H29N8S.CH4O4S/c1-5-29(6-2)20-9-7-19(8-10-20)27-28-23-26-22(21(32-23)15-18(16-24)17-25)30-11-13-31(3,4)14-12-30;1-5-6(2,3)4/h7-10,15H,5-6,11-14H2,1-4H3;1H3,(H,2,3,4)/q+1;/p-1/b28-27+;. The van der Waals surface area contributed by atoms with Gasteiger partial charge in [0, 0.05) is 18.8 Å². The van der Waals surface area contributed by atoms with Gasteiger partial charge in [0.15, 0.2) is 0 Å². The van der Waals surface area contributed by atoms with E-state index in [1.807, 2.05) is 36.4 Å². The number of allylic oxidation sites excluding steroid dienone is 1. The van der Waals surface area contributed by atoms with Gasteiger partial charge in [-0.3, -0.25) is 4.18 Å². The zero-order valence-electron chi connectivity index (χ0n) is 22.2. The predicted molar refractivity (Wildman–Crippen MR) is 146 cm³/mol. The van der Waals surface area contributed by atoms with Crippen LogP contribution in [0.4, 0.5) is 22.3 Å². The van der Waals surface area contributed by atoms with Crippen LogP contribution in [0.2, 0.25) is 0 Å². The summed E-state index contributed by atoms with van der Waals surface area (Å²) in [7, 11) is 0.828. The minimum Gasteiger partial charge on any atom is -0.726 e. The summed E-state index contributed by atoms with van der Waals surface area (Å²) < 4.78 is 32.0. The van der Waals surface area contributed by atoms with Crippen molar-refractivity contribution in [2.75, 3.05) is 70.3 Å². The summed E-state index contributed by atoms with van der Waals surface area (Å²) in [5.74, 6) is 0.767. The van der Waals surface area contributed by atoms with Crippen LogP contribution >= 0.6 is 11.3 Å². The number of likely N-dealkylation sites (N-methyl/N-ethyl adjacent to an activating group) is 1. The lowest BCUT2D eigenvalue weighted by atomic mass is 10.2. The van der Waals surface area contributed by atoms with Crippen molar-refractivity contribution in [1.82, 2.24) is 4.98 Å². The molecule has 3 rings (SSSR count). The number of thiazole rings is 1. The molecule has 0 radical (unpaired) electrons. The summed E-state index contributed by atoms with van der Waals surface area (Å²) in [4.78, 5) is 9.94. The van der Waals surface area contributed by atoms with Crippen LogP contribution in [-0.4, -0.2) is 82.9 Å². The average molecular weight is 561 g/mol. The first-order chi connectivity index (χ1) is 17.9. The summed E-state index contributed by atoms with van der Waals surface area (Å²) in [6, 6.07) is 11.8. The Balaban J connectivity index is 0.000000757. The van der Waals surface area contributed by atoms with Crippen LogP contribution in [0.1, 0.15) is 18.7 Å². The highest BCUT2D eigenvalue weighted by molar-refractivity contribution is 7.80. The molecule has 1 aromatic carbocycles. The minimum atomic E-state index is -4.41. The first-order valence-electron chi connectivity index (χ1n) is 11.8. The molecule has 0 aliphatic carbocycles. The van der Waals surface area contributed by atoms with E-state index in [-0.39, 0.29) is 5.57 Å². The fraction of sp³-hybridized carbons (Fsp3) is 0.458. The molecule has 1 aliphatic rings. The molecule has 2 heterocycles. The Bertz CT molecular complexity index is 1290. The van der Waals surface area contributed by atoms with Crippen molar-refractivity contribution in [3.05, 3.63) is 34.7 Å². The molecule has 14 heteroatoms. The highest BCUT2D eigenvalue weighted by Crippen LogP contribution is 2.35. The Morgan fingerprint density at radius 3 is 2.21 bits per heavy atom. The Morgan fingerprint density at radius 1 is 1.18 bits per heavy atom. The number of anilines is 2. The molecule has 204 valence electrons. The van der Waals surface area contributed by atoms with Crippen LogP contribution in [0, 0.1) is 22.7 Å². The van der Waals surface area contributed by atoms with Gasteiger partial charge in [-0.15, -0.1) is 10.2 Å². The Hall–Kier alpha value is -3.40. The first kappa shape index (κ1) is 30.8. The molecule has 38 heavy (non-hydrogen) atoms. The van der Waals surface area contributed by atoms with Crippen LogP contribution in [0.15, 0.2) is 40.1 Å². The number of rotatable bonds is 8. The number of nitriles is 2. The number of benzene rings is 1. The molecular formula is C24H32N8O4S2. The van der Waals surface area contributed by atoms with Crippen LogP contribution in [0.5, 0.6) is 0 Å². The molecule has 0 amide bonds. The lowest BCUT2D eigenvalue weighted by Crippen LogP contribution is -2.55. The third-order valence-electron chi connectivity index (χ3n) is 5.82. The Kier molecular flexibility index (Phi) is 11.3. The largest absolute Gasteiger partial charge is 0.726 e. The van der Waals surface area contributed by atoms with E-state index in [9.17, 15) is 23.5 Å². The number of aromatic nitrogens is 1. The second kappa shape index (κ2) is 13.9. The van der Waals surface area contributed by atoms with E-state index in [1.165, 1.54) is 11.3 Å². The zero-order valence-corrected chi connectivity index (χ0v) is 23.8. The molecule has 1 aromatic heterocycles. The number of quaternary nitrogens is 1. The van der Waals surface area contributed by atoms with Crippen molar-refractivity contribution in [3.63, 3.8) is 0 Å². The van der Waals surface area contributed by atoms with E-state index in [2.05, 4.69) is 52.2 Å². The molecule has 0 unspecified atom stereocenters. The van der Waals surface area contributed by atoms with E-state index in [0.29, 0.717) is 5.13 Å². The number of piperazine rings is 1. The fourth-order valence-electron chi connectivity index (χ4n) is 3.53. The van der Waals surface area contributed by atoms with Crippen molar-refractivity contribution in [1.29, 1.82) is 10.5 Å². The molecule has 1 saturated heterocycles. The lowest BCUT2D eigenvalue weighted by molar-refractivity contribution is -0.890. The van der Waals surface area contributed by atoms with Gasteiger partial charge >= 0.3 is 0 Å². The van der Waals surface area contributed by atoms with Gasteiger partial charge in [0.25, 0.3) is 0 Å². The second-order valence-electron chi connectivity index (χ2n) is 8.80. The maximum Gasteiger partial charge on any atom is 0.232 e. The Morgan fingerprint density at radius 2 is 1.74 bits per heavy atom. The lowest BCUT2D eigenvalue weighted by Gasteiger charge is -2.39. The van der Waals surface area contributed by atoms with Crippen molar-refractivity contribution in [2.45, 2.75) is 13.8 Å². The van der Waals surface area contributed by atoms with E-state index in [0.717, 1.165) is 72.9 Å². The van der Waals surface area contributed by atoms with E-state index >= 15 is 0 Å². The second-order valence-corrected chi connectivity index (χ2v) is 11.0. The van der Waals surface area contributed by atoms with Crippen molar-refractivity contribution in [2.24, 2.45) is 10.2 Å². The quantitative estimate of drug-likeness (QED) is 0.154. The first-order valence-corrected chi connectivity index (χ1v) is 14.0. The third kappa shape index (κ3) is 9.48. The zero-order chi connectivity index (χ0) is 28.3. The molecule has 0 N–H and O–H groups in total. The summed E-state index contributed by atoms with van der Waals surface area (Å²) in [6.45, 7) is 9.89. The van der Waals surface area contributed by atoms with Gasteiger partial charge < -0.3 is 18.8 Å². The van der Waals surface area contributed by atoms with Crippen LogP contribution in [0.25, 0.3) is 6.08 Å². The molecule has 0 spiro atoms. The van der Waals surface area contributed by atoms with Gasteiger partial charge in [-0.25, -0.2) is 8.42 Å². The highest BCUT2D eigenvalue weighted by atomic mass is 32.3. The van der Waals surface area contributed by atoms with Crippen LogP contribution in [0.3, 0.4) is 0 Å². The molecule has 1 fully saturated rings. The normalized spacial score (nSPS) is 14.7. The van der Waals surface area contributed by atoms with Crippen molar-refractivity contribution in [3.8, 4) is 12.1 Å². The summed E-state index contributed by atoms with van der Waals surface area (Å²) in [5, 5.41) is 27.6. The van der Waals surface area contributed by atoms with E-state index < -0.39 is 10.4 Å². The van der Waals surface area contributed by atoms with E-state index in [1.54, 1.807) is 6.08 Å². The molecule has 1 aliphatic heterocycles. The minimum absolute atomic E-state index is 0.0542. The monoisotopic (exact) mass is 560 g/mol. The molecule has 0 atom stereocenters. The van der Waals surface area contributed by atoms with Crippen molar-refractivity contribution >= 4 is 50.1 Å². The maximum absolute atomic E-state index is 9.22. The maximum atomic E-state index is 9.22. The molecule has 0 saturated carbocycles. The average Bonchev–Trinajstić information content (AvgIpc) is 3.30. The number of azo groups is 1. The summed E-state index contributed by atoms with van der Waals surface area (Å²) in [5.41, 5.74) is 1.96. The van der Waals surface area contributed by atoms with E-state index in [4.69, 9.17) is 4.98 Å². The number of hydrogen-bond donors (Lipinski definition) is 0. The van der Waals surface area contributed by atoms with Crippen LogP contribution in [-0.2, 0) is 14.6 Å². The van der Waals surface area contributed by atoms with Gasteiger partial charge in [0.2, 0.25) is 15.5 Å². The third-order valence-corrected chi connectivity index (χ3v) is 7.11. The molecule has 2 aromatic rings. The molecule has 12 nitrogen and oxygen atoms in total. The van der Waals surface area contributed by atoms with Gasteiger partial charge in [-0.05, 0) is 44.2 Å². The summed E-state index contributed by atoms with van der Waals surface area (Å²) in [6.07, 6.45) is 1.60. The summed E-state index contributed by atoms with van der Waals surface area (Å²) >= 11 is 1.34. The van der Waals surface area contributed by atoms with Gasteiger partial charge in [0.05, 0.1) is 57.9 Å². The smallest absolute Gasteiger partial charge is 0.232 e. The molecule has 0 bridgehead atoms. The molecular weight excluding hydrogens is 528 g/mol. The van der Waals surface area contributed by atoms with Gasteiger partial charge in [0.1, 0.15) is 23.5 Å².